The molecule has 0 radical (unpaired) electrons. The fraction of sp³-hybridized carbons (Fsp3) is 0.308. The van der Waals surface area contributed by atoms with Crippen LogP contribution in [0, 0.1) is 17.2 Å². The molecule has 0 saturated carbocycles. The van der Waals surface area contributed by atoms with E-state index >= 15 is 0 Å². The van der Waals surface area contributed by atoms with Crippen molar-refractivity contribution in [3.05, 3.63) is 35.4 Å². The molecule has 1 N–H and O–H groups in total. The first-order valence-electron chi connectivity index (χ1n) is 5.38. The van der Waals surface area contributed by atoms with Crippen molar-refractivity contribution in [2.45, 2.75) is 13.3 Å². The minimum atomic E-state index is -0.909. The normalized spacial score (nSPS) is 11.6. The molecule has 5 heteroatoms. The second kappa shape index (κ2) is 6.82. The van der Waals surface area contributed by atoms with Crippen LogP contribution in [-0.4, -0.2) is 21.9 Å². The summed E-state index contributed by atoms with van der Waals surface area (Å²) in [6.07, 6.45) is 0.362. The molecule has 1 unspecified atom stereocenters. The molecule has 0 heterocycles. The lowest BCUT2D eigenvalue weighted by Gasteiger charge is -2.10. The van der Waals surface area contributed by atoms with Crippen LogP contribution in [0.4, 0.5) is 0 Å². The number of hydrogen-bond acceptors (Lipinski definition) is 4. The lowest BCUT2D eigenvalue weighted by atomic mass is 10.0. The number of hydrogen-bond donors (Lipinski definition) is 1. The zero-order chi connectivity index (χ0) is 13.5. The molecule has 0 fully saturated rings. The highest BCUT2D eigenvalue weighted by atomic mass is 32.2. The largest absolute Gasteiger partial charge is 0.481 e. The smallest absolute Gasteiger partial charge is 0.307 e. The molecular formula is C13H13NO3S. The van der Waals surface area contributed by atoms with Crippen molar-refractivity contribution in [1.82, 2.24) is 0 Å². The van der Waals surface area contributed by atoms with Gasteiger partial charge in [0.05, 0.1) is 17.6 Å². The monoisotopic (exact) mass is 263 g/mol. The molecule has 4 nitrogen and oxygen atoms in total. The van der Waals surface area contributed by atoms with Crippen LogP contribution in [-0.2, 0) is 16.0 Å². The molecule has 1 atom stereocenters. The molecule has 0 bridgehead atoms. The second-order valence-corrected chi connectivity index (χ2v) is 5.05. The number of thioether (sulfide) groups is 1. The molecule has 94 valence electrons. The van der Waals surface area contributed by atoms with Gasteiger partial charge < -0.3 is 5.11 Å². The number of nitrogens with zero attached hydrogens (tertiary/aromatic N) is 1. The van der Waals surface area contributed by atoms with Crippen molar-refractivity contribution in [2.24, 2.45) is 5.92 Å². The van der Waals surface area contributed by atoms with Crippen LogP contribution >= 0.6 is 11.8 Å². The highest BCUT2D eigenvalue weighted by Crippen LogP contribution is 2.16. The maximum atomic E-state index is 11.1. The number of carbonyl (C=O) groups excluding carboxylic acids is 1. The Balaban J connectivity index is 2.68. The first-order valence-corrected chi connectivity index (χ1v) is 6.36. The van der Waals surface area contributed by atoms with Crippen LogP contribution in [0.5, 0.6) is 0 Å². The van der Waals surface area contributed by atoms with Gasteiger partial charge in [-0.2, -0.15) is 5.26 Å². The first kappa shape index (κ1) is 14.3. The predicted molar refractivity (Wildman–Crippen MR) is 69.1 cm³/mol. The molecule has 0 amide bonds. The maximum absolute atomic E-state index is 11.1. The van der Waals surface area contributed by atoms with Gasteiger partial charge >= 0.3 is 5.97 Å². The van der Waals surface area contributed by atoms with Crippen LogP contribution < -0.4 is 0 Å². The molecule has 0 aromatic heterocycles. The van der Waals surface area contributed by atoms with Gasteiger partial charge in [-0.15, -0.1) is 0 Å². The van der Waals surface area contributed by atoms with Gasteiger partial charge in [-0.25, -0.2) is 0 Å². The van der Waals surface area contributed by atoms with Crippen LogP contribution in [0.2, 0.25) is 0 Å². The minimum Gasteiger partial charge on any atom is -0.481 e. The Kier molecular flexibility index (Phi) is 5.40. The Morgan fingerprint density at radius 2 is 2.00 bits per heavy atom. The average Bonchev–Trinajstić information content (AvgIpc) is 2.34. The molecule has 1 aromatic carbocycles. The summed E-state index contributed by atoms with van der Waals surface area (Å²) in [7, 11) is 0. The second-order valence-electron chi connectivity index (χ2n) is 3.85. The summed E-state index contributed by atoms with van der Waals surface area (Å²) in [5.41, 5.74) is 1.40. The van der Waals surface area contributed by atoms with E-state index in [9.17, 15) is 9.59 Å². The van der Waals surface area contributed by atoms with E-state index in [0.717, 1.165) is 17.3 Å². The molecule has 18 heavy (non-hydrogen) atoms. The van der Waals surface area contributed by atoms with Gasteiger partial charge in [0, 0.05) is 12.7 Å². The summed E-state index contributed by atoms with van der Waals surface area (Å²) in [5, 5.41) is 17.6. The summed E-state index contributed by atoms with van der Waals surface area (Å²) in [4.78, 5) is 21.9. The van der Waals surface area contributed by atoms with Gasteiger partial charge in [0.15, 0.2) is 5.12 Å². The van der Waals surface area contributed by atoms with Gasteiger partial charge in [0.1, 0.15) is 0 Å². The Labute approximate surface area is 110 Å². The molecular weight excluding hydrogens is 250 g/mol. The Hall–Kier alpha value is -1.80. The Bertz CT molecular complexity index is 476. The van der Waals surface area contributed by atoms with Gasteiger partial charge in [-0.3, -0.25) is 9.59 Å². The van der Waals surface area contributed by atoms with Crippen molar-refractivity contribution < 1.29 is 14.7 Å². The quantitative estimate of drug-likeness (QED) is 0.880. The number of aliphatic carboxylic acids is 1. The molecule has 0 aliphatic rings. The van der Waals surface area contributed by atoms with Crippen molar-refractivity contribution in [3.8, 4) is 6.07 Å². The zero-order valence-electron chi connectivity index (χ0n) is 9.92. The summed E-state index contributed by atoms with van der Waals surface area (Å²) in [5.74, 6) is -1.23. The van der Waals surface area contributed by atoms with E-state index in [0.29, 0.717) is 12.0 Å². The fourth-order valence-electron chi connectivity index (χ4n) is 1.44. The molecule has 0 spiro atoms. The molecule has 1 rings (SSSR count). The van der Waals surface area contributed by atoms with E-state index in [4.69, 9.17) is 10.4 Å². The number of rotatable bonds is 5. The van der Waals surface area contributed by atoms with Crippen LogP contribution in [0.25, 0.3) is 0 Å². The lowest BCUT2D eigenvalue weighted by Crippen LogP contribution is -2.19. The number of carbonyl (C=O) groups is 2. The predicted octanol–water partition coefficient (Wildman–Crippen LogP) is 2.08. The standard InChI is InChI=1S/C13H13NO3S/c1-9(15)18-8-12(13(16)17)6-10-2-4-11(7-14)5-3-10/h2-5,12H,6,8H2,1H3,(H,16,17). The average molecular weight is 263 g/mol. The Morgan fingerprint density at radius 3 is 2.44 bits per heavy atom. The highest BCUT2D eigenvalue weighted by Gasteiger charge is 2.18. The summed E-state index contributed by atoms with van der Waals surface area (Å²) in [6.45, 7) is 1.42. The fourth-order valence-corrected chi connectivity index (χ4v) is 2.13. The van der Waals surface area contributed by atoms with E-state index in [-0.39, 0.29) is 10.9 Å². The molecule has 1 aromatic rings. The number of carboxylic acids is 1. The third-order valence-corrected chi connectivity index (χ3v) is 3.38. The third kappa shape index (κ3) is 4.60. The van der Waals surface area contributed by atoms with Crippen molar-refractivity contribution in [2.75, 3.05) is 5.75 Å². The maximum Gasteiger partial charge on any atom is 0.307 e. The number of benzene rings is 1. The number of nitriles is 1. The topological polar surface area (TPSA) is 78.2 Å². The van der Waals surface area contributed by atoms with E-state index < -0.39 is 11.9 Å². The van der Waals surface area contributed by atoms with E-state index in [2.05, 4.69) is 0 Å². The van der Waals surface area contributed by atoms with E-state index in [1.54, 1.807) is 24.3 Å². The summed E-state index contributed by atoms with van der Waals surface area (Å²) >= 11 is 1.02. The highest BCUT2D eigenvalue weighted by molar-refractivity contribution is 8.13. The summed E-state index contributed by atoms with van der Waals surface area (Å²) in [6, 6.07) is 8.81. The summed E-state index contributed by atoms with van der Waals surface area (Å²) < 4.78 is 0. The first-order chi connectivity index (χ1) is 8.52. The SMILES string of the molecule is CC(=O)SCC(Cc1ccc(C#N)cc1)C(=O)O. The van der Waals surface area contributed by atoms with E-state index in [1.807, 2.05) is 6.07 Å². The van der Waals surface area contributed by atoms with Gasteiger partial charge in [-0.05, 0) is 24.1 Å². The molecule has 0 aliphatic heterocycles. The number of carboxylic acid groups (broad SMARTS) is 1. The van der Waals surface area contributed by atoms with Gasteiger partial charge in [0.25, 0.3) is 0 Å². The van der Waals surface area contributed by atoms with Crippen molar-refractivity contribution in [1.29, 1.82) is 5.26 Å². The third-order valence-electron chi connectivity index (χ3n) is 2.40. The van der Waals surface area contributed by atoms with Crippen LogP contribution in [0.3, 0.4) is 0 Å². The van der Waals surface area contributed by atoms with Crippen molar-refractivity contribution in [3.63, 3.8) is 0 Å². The lowest BCUT2D eigenvalue weighted by molar-refractivity contribution is -0.140. The Morgan fingerprint density at radius 1 is 1.39 bits per heavy atom. The molecule has 0 aliphatic carbocycles. The molecule has 0 saturated heterocycles. The van der Waals surface area contributed by atoms with Crippen LogP contribution in [0.15, 0.2) is 24.3 Å². The van der Waals surface area contributed by atoms with E-state index in [1.165, 1.54) is 6.92 Å². The van der Waals surface area contributed by atoms with Crippen LogP contribution in [0.1, 0.15) is 18.1 Å². The van der Waals surface area contributed by atoms with Gasteiger partial charge in [0.2, 0.25) is 0 Å². The van der Waals surface area contributed by atoms with Crippen molar-refractivity contribution >= 4 is 22.8 Å². The van der Waals surface area contributed by atoms with Gasteiger partial charge in [-0.1, -0.05) is 23.9 Å². The minimum absolute atomic E-state index is 0.0823. The zero-order valence-corrected chi connectivity index (χ0v) is 10.7.